The highest BCUT2D eigenvalue weighted by molar-refractivity contribution is 6.01. The number of hydrogen-bond acceptors (Lipinski definition) is 8. The highest BCUT2D eigenvalue weighted by Crippen LogP contribution is 2.33. The number of nitrogens with zero attached hydrogens (tertiary/aromatic N) is 3. The van der Waals surface area contributed by atoms with E-state index in [9.17, 15) is 14.0 Å². The molecule has 1 atom stereocenters. The number of benzene rings is 1. The molecule has 1 aliphatic rings. The van der Waals surface area contributed by atoms with Crippen LogP contribution in [0, 0.1) is 5.82 Å². The molecule has 10 heteroatoms. The Morgan fingerprint density at radius 2 is 1.86 bits per heavy atom. The second-order valence-corrected chi connectivity index (χ2v) is 7.78. The molecule has 178 valence electrons. The van der Waals surface area contributed by atoms with E-state index in [2.05, 4.69) is 10.1 Å². The first-order chi connectivity index (χ1) is 17.1. The van der Waals surface area contributed by atoms with Crippen molar-refractivity contribution in [1.82, 2.24) is 9.99 Å². The zero-order chi connectivity index (χ0) is 24.2. The summed E-state index contributed by atoms with van der Waals surface area (Å²) in [6, 6.07) is 12.3. The molecule has 0 N–H and O–H groups in total. The fourth-order valence-electron chi connectivity index (χ4n) is 3.70. The molecule has 5 rings (SSSR count). The number of hydrogen-bond donors (Lipinski definition) is 0. The predicted molar refractivity (Wildman–Crippen MR) is 119 cm³/mol. The number of carbonyl (C=O) groups excluding carboxylic acids is 2. The van der Waals surface area contributed by atoms with E-state index in [-0.39, 0.29) is 18.7 Å². The van der Waals surface area contributed by atoms with Crippen molar-refractivity contribution < 1.29 is 32.0 Å². The topological polar surface area (TPSA) is 111 Å². The van der Waals surface area contributed by atoms with Gasteiger partial charge in [-0.1, -0.05) is 0 Å². The maximum absolute atomic E-state index is 13.1. The number of furan rings is 2. The largest absolute Gasteiger partial charge is 0.467 e. The highest BCUT2D eigenvalue weighted by atomic mass is 19.1. The van der Waals surface area contributed by atoms with Crippen LogP contribution in [0.25, 0.3) is 11.3 Å². The van der Waals surface area contributed by atoms with Gasteiger partial charge in [0.15, 0.2) is 18.3 Å². The Kier molecular flexibility index (Phi) is 6.25. The van der Waals surface area contributed by atoms with Gasteiger partial charge in [0, 0.05) is 18.4 Å². The van der Waals surface area contributed by atoms with Crippen LogP contribution < -0.4 is 0 Å². The van der Waals surface area contributed by atoms with Crippen molar-refractivity contribution >= 4 is 17.6 Å². The highest BCUT2D eigenvalue weighted by Gasteiger charge is 2.36. The number of amides is 1. The lowest BCUT2D eigenvalue weighted by Crippen LogP contribution is -2.31. The monoisotopic (exact) mass is 477 g/mol. The third-order valence-electron chi connectivity index (χ3n) is 5.43. The molecule has 1 amide bonds. The summed E-state index contributed by atoms with van der Waals surface area (Å²) in [5, 5.41) is 5.64. The molecule has 0 radical (unpaired) electrons. The van der Waals surface area contributed by atoms with E-state index in [0.29, 0.717) is 40.9 Å². The molecular formula is C25H20FN3O6. The Hall–Kier alpha value is -4.47. The minimum absolute atomic E-state index is 0.0286. The van der Waals surface area contributed by atoms with E-state index in [1.54, 1.807) is 36.4 Å². The van der Waals surface area contributed by atoms with Crippen LogP contribution in [0.3, 0.4) is 0 Å². The molecule has 3 aromatic heterocycles. The molecule has 1 aliphatic heterocycles. The molecule has 9 nitrogen and oxygen atoms in total. The van der Waals surface area contributed by atoms with Gasteiger partial charge in [0.05, 0.1) is 25.1 Å². The van der Waals surface area contributed by atoms with Crippen molar-refractivity contribution in [1.29, 1.82) is 0 Å². The van der Waals surface area contributed by atoms with Gasteiger partial charge in [0.1, 0.15) is 29.1 Å². The van der Waals surface area contributed by atoms with Gasteiger partial charge >= 0.3 is 5.97 Å². The molecule has 0 saturated heterocycles. The average molecular weight is 477 g/mol. The van der Waals surface area contributed by atoms with Crippen LogP contribution in [0.4, 0.5) is 4.39 Å². The van der Waals surface area contributed by atoms with Crippen molar-refractivity contribution in [2.75, 3.05) is 6.61 Å². The van der Waals surface area contributed by atoms with Crippen LogP contribution in [-0.2, 0) is 20.7 Å². The molecule has 4 aromatic rings. The van der Waals surface area contributed by atoms with Crippen LogP contribution in [0.2, 0.25) is 0 Å². The summed E-state index contributed by atoms with van der Waals surface area (Å²) in [7, 11) is 0. The number of hydrazone groups is 1. The molecule has 0 saturated carbocycles. The van der Waals surface area contributed by atoms with E-state index < -0.39 is 24.5 Å². The number of carbonyl (C=O) groups is 2. The fraction of sp³-hybridized carbons (Fsp3) is 0.200. The number of oxazole rings is 1. The van der Waals surface area contributed by atoms with Crippen LogP contribution in [0.5, 0.6) is 0 Å². The lowest BCUT2D eigenvalue weighted by atomic mass is 10.1. The lowest BCUT2D eigenvalue weighted by molar-refractivity contribution is -0.153. The van der Waals surface area contributed by atoms with Gasteiger partial charge in [0.25, 0.3) is 5.91 Å². The summed E-state index contributed by atoms with van der Waals surface area (Å²) in [4.78, 5) is 29.2. The maximum atomic E-state index is 13.1. The number of rotatable bonds is 8. The normalized spacial score (nSPS) is 15.3. The van der Waals surface area contributed by atoms with Gasteiger partial charge in [-0.05, 0) is 48.5 Å². The molecule has 0 spiro atoms. The molecule has 1 aromatic carbocycles. The number of esters is 1. The van der Waals surface area contributed by atoms with Crippen LogP contribution in [0.15, 0.2) is 85.6 Å². The lowest BCUT2D eigenvalue weighted by Gasteiger charge is -2.19. The zero-order valence-electron chi connectivity index (χ0n) is 18.4. The number of ether oxygens (including phenoxy) is 1. The van der Waals surface area contributed by atoms with Gasteiger partial charge in [-0.15, -0.1) is 0 Å². The third kappa shape index (κ3) is 5.06. The second-order valence-electron chi connectivity index (χ2n) is 7.78. The smallest absolute Gasteiger partial charge is 0.306 e. The van der Waals surface area contributed by atoms with E-state index in [1.165, 1.54) is 35.9 Å². The minimum atomic E-state index is -0.580. The Balaban J connectivity index is 1.16. The SMILES string of the molecule is O=C(CCc1ncc(-c2ccc(F)cc2)o1)OCC(=O)N1N=C(c2ccco2)CC1c1ccco1. The second kappa shape index (κ2) is 9.80. The zero-order valence-corrected chi connectivity index (χ0v) is 18.4. The molecule has 1 unspecified atom stereocenters. The van der Waals surface area contributed by atoms with E-state index >= 15 is 0 Å². The van der Waals surface area contributed by atoms with E-state index in [4.69, 9.17) is 18.0 Å². The summed E-state index contributed by atoms with van der Waals surface area (Å²) in [6.07, 6.45) is 5.12. The quantitative estimate of drug-likeness (QED) is 0.343. The molecular weight excluding hydrogens is 457 g/mol. The fourth-order valence-corrected chi connectivity index (χ4v) is 3.70. The van der Waals surface area contributed by atoms with Crippen molar-refractivity contribution in [3.8, 4) is 11.3 Å². The van der Waals surface area contributed by atoms with Gasteiger partial charge < -0.3 is 18.0 Å². The number of aryl methyl sites for hydroxylation is 1. The van der Waals surface area contributed by atoms with E-state index in [1.807, 2.05) is 0 Å². The van der Waals surface area contributed by atoms with Crippen molar-refractivity contribution in [2.24, 2.45) is 5.10 Å². The van der Waals surface area contributed by atoms with Gasteiger partial charge in [-0.3, -0.25) is 9.59 Å². The first-order valence-corrected chi connectivity index (χ1v) is 10.9. The van der Waals surface area contributed by atoms with E-state index in [0.717, 1.165) is 0 Å². The number of halogens is 1. The van der Waals surface area contributed by atoms with Gasteiger partial charge in [-0.25, -0.2) is 14.4 Å². The average Bonchev–Trinajstić information content (AvgIpc) is 3.68. The minimum Gasteiger partial charge on any atom is -0.467 e. The van der Waals surface area contributed by atoms with Crippen LogP contribution >= 0.6 is 0 Å². The van der Waals surface area contributed by atoms with Crippen molar-refractivity contribution in [3.63, 3.8) is 0 Å². The Labute approximate surface area is 198 Å². The molecule has 4 heterocycles. The Bertz CT molecular complexity index is 1330. The summed E-state index contributed by atoms with van der Waals surface area (Å²) >= 11 is 0. The molecule has 0 bridgehead atoms. The first-order valence-electron chi connectivity index (χ1n) is 10.9. The third-order valence-corrected chi connectivity index (χ3v) is 5.43. The molecule has 35 heavy (non-hydrogen) atoms. The molecule has 0 aliphatic carbocycles. The van der Waals surface area contributed by atoms with Crippen molar-refractivity contribution in [3.05, 3.63) is 90.5 Å². The number of aromatic nitrogens is 1. The summed E-state index contributed by atoms with van der Waals surface area (Å²) < 4.78 is 34.7. The van der Waals surface area contributed by atoms with Gasteiger partial charge in [-0.2, -0.15) is 5.10 Å². The Morgan fingerprint density at radius 1 is 1.06 bits per heavy atom. The maximum Gasteiger partial charge on any atom is 0.306 e. The van der Waals surface area contributed by atoms with Crippen LogP contribution in [-0.4, -0.2) is 34.2 Å². The predicted octanol–water partition coefficient (Wildman–Crippen LogP) is 4.52. The first kappa shape index (κ1) is 22.3. The van der Waals surface area contributed by atoms with Crippen LogP contribution in [0.1, 0.15) is 36.3 Å². The summed E-state index contributed by atoms with van der Waals surface area (Å²) in [5.41, 5.74) is 1.27. The Morgan fingerprint density at radius 3 is 2.60 bits per heavy atom. The molecule has 0 fully saturated rings. The van der Waals surface area contributed by atoms with Gasteiger partial charge in [0.2, 0.25) is 0 Å². The standard InChI is InChI=1S/C25H20FN3O6/c26-17-7-5-16(6-8-17)22-14-27-23(35-22)9-10-25(31)34-15-24(30)29-19(21-4-2-12-33-21)13-18(28-29)20-3-1-11-32-20/h1-8,11-12,14,19H,9-10,13,15H2. The summed E-state index contributed by atoms with van der Waals surface area (Å²) in [5.74, 6) is 0.498. The summed E-state index contributed by atoms with van der Waals surface area (Å²) in [6.45, 7) is -0.475. The van der Waals surface area contributed by atoms with Crippen molar-refractivity contribution in [2.45, 2.75) is 25.3 Å².